The van der Waals surface area contributed by atoms with Gasteiger partial charge in [-0.25, -0.2) is 0 Å². The zero-order valence-corrected chi connectivity index (χ0v) is 32.8. The number of hydrogen-bond acceptors (Lipinski definition) is 2. The maximum absolute atomic E-state index is 2.43. The van der Waals surface area contributed by atoms with Gasteiger partial charge in [0.15, 0.2) is 0 Å². The first-order chi connectivity index (χ1) is 28.8. The summed E-state index contributed by atoms with van der Waals surface area (Å²) >= 11 is 3.80. The average Bonchev–Trinajstić information content (AvgIpc) is 4.04. The van der Waals surface area contributed by atoms with E-state index in [1.165, 1.54) is 118 Å². The molecule has 0 saturated heterocycles. The number of thiophene rings is 2. The molecule has 9 aromatic carbocycles. The highest BCUT2D eigenvalue weighted by Crippen LogP contribution is 2.45. The fourth-order valence-electron chi connectivity index (χ4n) is 9.49. The highest BCUT2D eigenvalue weighted by molar-refractivity contribution is 7.27. The van der Waals surface area contributed by atoms with Crippen molar-refractivity contribution in [1.82, 2.24) is 9.13 Å². The monoisotopic (exact) mass is 772 g/mol. The van der Waals surface area contributed by atoms with E-state index < -0.39 is 0 Å². The van der Waals surface area contributed by atoms with Crippen LogP contribution < -0.4 is 0 Å². The van der Waals surface area contributed by atoms with E-state index in [4.69, 9.17) is 0 Å². The zero-order chi connectivity index (χ0) is 37.9. The minimum atomic E-state index is 1.17. The molecule has 58 heavy (non-hydrogen) atoms. The first kappa shape index (κ1) is 32.1. The Balaban J connectivity index is 0.834. The molecule has 0 aliphatic rings. The third kappa shape index (κ3) is 4.58. The van der Waals surface area contributed by atoms with Gasteiger partial charge in [-0.05, 0) is 82.9 Å². The van der Waals surface area contributed by atoms with E-state index in [9.17, 15) is 0 Å². The second-order valence-electron chi connectivity index (χ2n) is 15.2. The smallest absolute Gasteiger partial charge is 0.0555 e. The summed E-state index contributed by atoms with van der Waals surface area (Å²) in [4.78, 5) is 0. The van der Waals surface area contributed by atoms with Gasteiger partial charge in [0, 0.05) is 73.3 Å². The lowest BCUT2D eigenvalue weighted by molar-refractivity contribution is 1.18. The number of nitrogens with zero attached hydrogens (tertiary/aromatic N) is 2. The largest absolute Gasteiger partial charge is 0.309 e. The second kappa shape index (κ2) is 12.3. The first-order valence-electron chi connectivity index (χ1n) is 19.8. The van der Waals surface area contributed by atoms with Gasteiger partial charge < -0.3 is 9.13 Å². The van der Waals surface area contributed by atoms with Gasteiger partial charge in [0.2, 0.25) is 0 Å². The van der Waals surface area contributed by atoms with Gasteiger partial charge in [0.05, 0.1) is 22.1 Å². The van der Waals surface area contributed by atoms with Crippen LogP contribution in [0.5, 0.6) is 0 Å². The topological polar surface area (TPSA) is 9.86 Å². The number of fused-ring (bicyclic) bond motifs is 14. The Bertz CT molecular complexity index is 3510. The van der Waals surface area contributed by atoms with Crippen LogP contribution in [0.2, 0.25) is 0 Å². The summed E-state index contributed by atoms with van der Waals surface area (Å²) in [5.74, 6) is 0. The number of hydrogen-bond donors (Lipinski definition) is 0. The average molecular weight is 773 g/mol. The molecule has 0 aliphatic carbocycles. The standard InChI is InChI=1S/C54H32N2S2/c1-5-13-45-43(11-1)51-47(31-29-41-39-9-3-7-15-49(39)57-53(41)51)55(45)37-25-21-35(22-26-37)33-17-19-34(20-18-33)36-23-27-38(28-24-36)56-46-14-6-2-12-44(46)52-48(56)32-30-42-40-10-4-8-16-50(40)58-54(42)52/h1-32H. The van der Waals surface area contributed by atoms with Crippen LogP contribution in [0.15, 0.2) is 194 Å². The second-order valence-corrected chi connectivity index (χ2v) is 17.3. The zero-order valence-electron chi connectivity index (χ0n) is 31.2. The predicted octanol–water partition coefficient (Wildman–Crippen LogP) is 16.0. The van der Waals surface area contributed by atoms with Crippen molar-refractivity contribution in [2.75, 3.05) is 0 Å². The van der Waals surface area contributed by atoms with Crippen LogP contribution in [0.3, 0.4) is 0 Å². The van der Waals surface area contributed by atoms with E-state index >= 15 is 0 Å². The van der Waals surface area contributed by atoms with Crippen molar-refractivity contribution in [3.05, 3.63) is 194 Å². The summed E-state index contributed by atoms with van der Waals surface area (Å²) in [6.45, 7) is 0. The molecule has 13 rings (SSSR count). The maximum Gasteiger partial charge on any atom is 0.0555 e. The number of rotatable bonds is 4. The van der Waals surface area contributed by atoms with Crippen molar-refractivity contribution in [3.8, 4) is 33.6 Å². The molecule has 270 valence electrons. The van der Waals surface area contributed by atoms with Crippen molar-refractivity contribution in [2.45, 2.75) is 0 Å². The van der Waals surface area contributed by atoms with Crippen molar-refractivity contribution in [1.29, 1.82) is 0 Å². The Morgan fingerprint density at radius 1 is 0.259 bits per heavy atom. The molecule has 0 aliphatic heterocycles. The molecule has 2 nitrogen and oxygen atoms in total. The van der Waals surface area contributed by atoms with E-state index in [1.807, 2.05) is 22.7 Å². The van der Waals surface area contributed by atoms with Crippen molar-refractivity contribution < 1.29 is 0 Å². The van der Waals surface area contributed by atoms with E-state index in [2.05, 4.69) is 203 Å². The van der Waals surface area contributed by atoms with Gasteiger partial charge in [0.25, 0.3) is 0 Å². The summed E-state index contributed by atoms with van der Waals surface area (Å²) in [6, 6.07) is 71.5. The fraction of sp³-hybridized carbons (Fsp3) is 0. The molecule has 0 amide bonds. The van der Waals surface area contributed by atoms with Gasteiger partial charge in [-0.15, -0.1) is 22.7 Å². The maximum atomic E-state index is 2.43. The molecule has 0 fully saturated rings. The third-order valence-electron chi connectivity index (χ3n) is 12.2. The molecule has 0 radical (unpaired) electrons. The third-order valence-corrected chi connectivity index (χ3v) is 14.6. The number of aromatic nitrogens is 2. The first-order valence-corrected chi connectivity index (χ1v) is 21.4. The van der Waals surface area contributed by atoms with E-state index in [1.54, 1.807) is 0 Å². The molecule has 13 aromatic rings. The van der Waals surface area contributed by atoms with Crippen LogP contribution in [0.4, 0.5) is 0 Å². The van der Waals surface area contributed by atoms with Crippen LogP contribution >= 0.6 is 22.7 Å². The van der Waals surface area contributed by atoms with Crippen LogP contribution in [0.25, 0.3) is 118 Å². The Morgan fingerprint density at radius 3 is 1.02 bits per heavy atom. The van der Waals surface area contributed by atoms with Crippen LogP contribution in [0.1, 0.15) is 0 Å². The Hall–Kier alpha value is -6.98. The van der Waals surface area contributed by atoms with E-state index in [-0.39, 0.29) is 0 Å². The van der Waals surface area contributed by atoms with Gasteiger partial charge in [-0.1, -0.05) is 133 Å². The quantitative estimate of drug-likeness (QED) is 0.169. The molecule has 0 unspecified atom stereocenters. The molecule has 4 aromatic heterocycles. The summed E-state index contributed by atoms with van der Waals surface area (Å²) in [7, 11) is 0. The summed E-state index contributed by atoms with van der Waals surface area (Å²) < 4.78 is 10.2. The van der Waals surface area contributed by atoms with Gasteiger partial charge in [0.1, 0.15) is 0 Å². The fourth-order valence-corrected chi connectivity index (χ4v) is 12.0. The Kier molecular flexibility index (Phi) is 6.79. The minimum absolute atomic E-state index is 1.17. The van der Waals surface area contributed by atoms with Crippen LogP contribution in [0, 0.1) is 0 Å². The SMILES string of the molecule is c1ccc2c(c1)sc1c2ccc2c1c1ccccc1n2-c1ccc(-c2ccc(-c3ccc(-n4c5ccccc5c5c6sc7ccccc7c6ccc54)cc3)cc2)cc1. The summed E-state index contributed by atoms with van der Waals surface area (Å²) in [5.41, 5.74) is 12.1. The van der Waals surface area contributed by atoms with Gasteiger partial charge in [-0.2, -0.15) is 0 Å². The van der Waals surface area contributed by atoms with Crippen LogP contribution in [-0.4, -0.2) is 9.13 Å². The number of para-hydroxylation sites is 2. The summed E-state index contributed by atoms with van der Waals surface area (Å²) in [5, 5.41) is 10.6. The molecule has 0 atom stereocenters. The molecule has 0 bridgehead atoms. The Morgan fingerprint density at radius 2 is 0.603 bits per heavy atom. The van der Waals surface area contributed by atoms with Crippen molar-refractivity contribution in [2.24, 2.45) is 0 Å². The van der Waals surface area contributed by atoms with Crippen molar-refractivity contribution >= 4 is 107 Å². The highest BCUT2D eigenvalue weighted by Gasteiger charge is 2.19. The normalized spacial score (nSPS) is 12.1. The molecule has 4 heteroatoms. The highest BCUT2D eigenvalue weighted by atomic mass is 32.1. The predicted molar refractivity (Wildman–Crippen MR) is 252 cm³/mol. The lowest BCUT2D eigenvalue weighted by atomic mass is 10.00. The molecule has 0 N–H and O–H groups in total. The van der Waals surface area contributed by atoms with Crippen LogP contribution in [-0.2, 0) is 0 Å². The summed E-state index contributed by atoms with van der Waals surface area (Å²) in [6.07, 6.45) is 0. The molecule has 0 saturated carbocycles. The minimum Gasteiger partial charge on any atom is -0.309 e. The molecular weight excluding hydrogens is 741 g/mol. The van der Waals surface area contributed by atoms with Gasteiger partial charge >= 0.3 is 0 Å². The molecular formula is C54H32N2S2. The molecule has 0 spiro atoms. The lowest BCUT2D eigenvalue weighted by Crippen LogP contribution is -1.94. The lowest BCUT2D eigenvalue weighted by Gasteiger charge is -2.11. The van der Waals surface area contributed by atoms with E-state index in [0.29, 0.717) is 0 Å². The van der Waals surface area contributed by atoms with Gasteiger partial charge in [-0.3, -0.25) is 0 Å². The Labute approximate surface area is 341 Å². The van der Waals surface area contributed by atoms with E-state index in [0.717, 1.165) is 0 Å². The number of benzene rings is 9. The van der Waals surface area contributed by atoms with Crippen molar-refractivity contribution in [3.63, 3.8) is 0 Å². The molecule has 4 heterocycles.